The first kappa shape index (κ1) is 10.3. The van der Waals surface area contributed by atoms with Crippen molar-refractivity contribution >= 4 is 5.96 Å². The van der Waals surface area contributed by atoms with E-state index < -0.39 is 0 Å². The predicted octanol–water partition coefficient (Wildman–Crippen LogP) is 0.377. The van der Waals surface area contributed by atoms with Gasteiger partial charge in [0.2, 0.25) is 0 Å². The van der Waals surface area contributed by atoms with Crippen LogP contribution in [0.4, 0.5) is 0 Å². The van der Waals surface area contributed by atoms with E-state index in [9.17, 15) is 0 Å². The molecule has 1 aliphatic rings. The summed E-state index contributed by atoms with van der Waals surface area (Å²) in [5, 5.41) is 10.1. The van der Waals surface area contributed by atoms with Gasteiger partial charge in [-0.05, 0) is 37.6 Å². The van der Waals surface area contributed by atoms with Gasteiger partial charge in [0.05, 0.1) is 0 Å². The van der Waals surface area contributed by atoms with E-state index in [4.69, 9.17) is 16.9 Å². The monoisotopic (exact) mass is 184 g/mol. The Kier molecular flexibility index (Phi) is 3.14. The lowest BCUT2D eigenvalue weighted by Crippen LogP contribution is -2.44. The standard InChI is InChI=1S/C9H20N4/c1-9(6-10)4-2-7(3-5-9)13-8(11)12/h7H,2-6,10H2,1H3,(H4,11,12,13). The van der Waals surface area contributed by atoms with E-state index in [1.54, 1.807) is 0 Å². The molecule has 0 aromatic carbocycles. The molecule has 1 saturated carbocycles. The summed E-state index contributed by atoms with van der Waals surface area (Å²) in [5.41, 5.74) is 11.3. The Labute approximate surface area is 79.6 Å². The average molecular weight is 184 g/mol. The van der Waals surface area contributed by atoms with Crippen LogP contribution in [-0.2, 0) is 0 Å². The average Bonchev–Trinajstić information content (AvgIpc) is 2.09. The minimum absolute atomic E-state index is 0.0846. The predicted molar refractivity (Wildman–Crippen MR) is 54.5 cm³/mol. The molecule has 0 aromatic rings. The molecule has 0 aliphatic heterocycles. The van der Waals surface area contributed by atoms with Crippen molar-refractivity contribution in [2.24, 2.45) is 16.9 Å². The van der Waals surface area contributed by atoms with E-state index in [-0.39, 0.29) is 5.96 Å². The molecule has 0 amide bonds. The topological polar surface area (TPSA) is 87.9 Å². The van der Waals surface area contributed by atoms with E-state index >= 15 is 0 Å². The van der Waals surface area contributed by atoms with Gasteiger partial charge >= 0.3 is 0 Å². The molecular formula is C9H20N4. The Morgan fingerprint density at radius 1 is 1.54 bits per heavy atom. The van der Waals surface area contributed by atoms with Gasteiger partial charge in [-0.15, -0.1) is 0 Å². The molecule has 0 unspecified atom stereocenters. The third-order valence-corrected chi connectivity index (χ3v) is 3.05. The first-order valence-electron chi connectivity index (χ1n) is 4.86. The van der Waals surface area contributed by atoms with Gasteiger partial charge in [0, 0.05) is 6.04 Å². The summed E-state index contributed by atoms with van der Waals surface area (Å²) in [7, 11) is 0. The van der Waals surface area contributed by atoms with Crippen molar-refractivity contribution in [3.63, 3.8) is 0 Å². The summed E-state index contributed by atoms with van der Waals surface area (Å²) in [6.45, 7) is 3.00. The molecule has 4 heteroatoms. The SMILES string of the molecule is CC1(CN)CCC(NC(=N)N)CC1. The molecule has 0 spiro atoms. The van der Waals surface area contributed by atoms with Gasteiger partial charge in [0.15, 0.2) is 5.96 Å². The maximum absolute atomic E-state index is 7.12. The van der Waals surface area contributed by atoms with E-state index in [1.165, 1.54) is 0 Å². The van der Waals surface area contributed by atoms with E-state index in [2.05, 4.69) is 12.2 Å². The Morgan fingerprint density at radius 3 is 2.46 bits per heavy atom. The zero-order valence-electron chi connectivity index (χ0n) is 8.27. The van der Waals surface area contributed by atoms with E-state index in [0.29, 0.717) is 11.5 Å². The fourth-order valence-electron chi connectivity index (χ4n) is 1.88. The van der Waals surface area contributed by atoms with Gasteiger partial charge in [-0.1, -0.05) is 6.92 Å². The zero-order chi connectivity index (χ0) is 9.90. The van der Waals surface area contributed by atoms with Gasteiger partial charge in [-0.3, -0.25) is 5.41 Å². The van der Waals surface area contributed by atoms with Crippen molar-refractivity contribution in [3.8, 4) is 0 Å². The zero-order valence-corrected chi connectivity index (χ0v) is 8.27. The van der Waals surface area contributed by atoms with Crippen LogP contribution in [0.2, 0.25) is 0 Å². The van der Waals surface area contributed by atoms with Crippen LogP contribution < -0.4 is 16.8 Å². The third kappa shape index (κ3) is 2.88. The molecule has 4 nitrogen and oxygen atoms in total. The van der Waals surface area contributed by atoms with Crippen LogP contribution in [0.3, 0.4) is 0 Å². The molecule has 1 fully saturated rings. The van der Waals surface area contributed by atoms with Gasteiger partial charge < -0.3 is 16.8 Å². The molecule has 6 N–H and O–H groups in total. The molecule has 0 radical (unpaired) electrons. The minimum Gasteiger partial charge on any atom is -0.370 e. The van der Waals surface area contributed by atoms with Crippen LogP contribution >= 0.6 is 0 Å². The van der Waals surface area contributed by atoms with Crippen LogP contribution in [0.25, 0.3) is 0 Å². The molecule has 0 atom stereocenters. The van der Waals surface area contributed by atoms with Gasteiger partial charge in [-0.2, -0.15) is 0 Å². The lowest BCUT2D eigenvalue weighted by Gasteiger charge is -2.36. The summed E-state index contributed by atoms with van der Waals surface area (Å²) in [4.78, 5) is 0. The quantitative estimate of drug-likeness (QED) is 0.369. The lowest BCUT2D eigenvalue weighted by molar-refractivity contribution is 0.201. The fraction of sp³-hybridized carbons (Fsp3) is 0.889. The number of nitrogens with two attached hydrogens (primary N) is 2. The molecule has 0 saturated heterocycles. The fourth-order valence-corrected chi connectivity index (χ4v) is 1.88. The van der Waals surface area contributed by atoms with Crippen LogP contribution in [0.1, 0.15) is 32.6 Å². The first-order chi connectivity index (χ1) is 6.06. The van der Waals surface area contributed by atoms with E-state index in [0.717, 1.165) is 32.2 Å². The Balaban J connectivity index is 2.34. The normalized spacial score (nSPS) is 34.2. The number of nitrogens with one attached hydrogen (secondary N) is 2. The minimum atomic E-state index is 0.0846. The smallest absolute Gasteiger partial charge is 0.185 e. The maximum atomic E-state index is 7.12. The number of rotatable bonds is 2. The second-order valence-corrected chi connectivity index (χ2v) is 4.35. The van der Waals surface area contributed by atoms with Crippen molar-refractivity contribution in [1.82, 2.24) is 5.32 Å². The summed E-state index contributed by atoms with van der Waals surface area (Å²) in [6.07, 6.45) is 4.42. The highest BCUT2D eigenvalue weighted by molar-refractivity contribution is 5.74. The Hall–Kier alpha value is -0.770. The summed E-state index contributed by atoms with van der Waals surface area (Å²) >= 11 is 0. The largest absolute Gasteiger partial charge is 0.370 e. The first-order valence-corrected chi connectivity index (χ1v) is 4.86. The van der Waals surface area contributed by atoms with Gasteiger partial charge in [0.1, 0.15) is 0 Å². The Bertz CT molecular complexity index is 182. The number of hydrogen-bond donors (Lipinski definition) is 4. The second kappa shape index (κ2) is 3.96. The van der Waals surface area contributed by atoms with E-state index in [1.807, 2.05) is 0 Å². The Morgan fingerprint density at radius 2 is 2.08 bits per heavy atom. The van der Waals surface area contributed by atoms with Crippen molar-refractivity contribution in [1.29, 1.82) is 5.41 Å². The summed E-state index contributed by atoms with van der Waals surface area (Å²) < 4.78 is 0. The lowest BCUT2D eigenvalue weighted by atomic mass is 9.74. The van der Waals surface area contributed by atoms with Crippen molar-refractivity contribution in [2.75, 3.05) is 6.54 Å². The molecule has 13 heavy (non-hydrogen) atoms. The molecule has 0 aromatic heterocycles. The van der Waals surface area contributed by atoms with Crippen molar-refractivity contribution in [2.45, 2.75) is 38.6 Å². The van der Waals surface area contributed by atoms with Crippen LogP contribution in [0.5, 0.6) is 0 Å². The highest BCUT2D eigenvalue weighted by atomic mass is 15.1. The van der Waals surface area contributed by atoms with Gasteiger partial charge in [0.25, 0.3) is 0 Å². The number of hydrogen-bond acceptors (Lipinski definition) is 2. The molecule has 76 valence electrons. The second-order valence-electron chi connectivity index (χ2n) is 4.35. The molecule has 0 bridgehead atoms. The van der Waals surface area contributed by atoms with Crippen LogP contribution in [0, 0.1) is 10.8 Å². The number of guanidine groups is 1. The van der Waals surface area contributed by atoms with Crippen molar-refractivity contribution in [3.05, 3.63) is 0 Å². The van der Waals surface area contributed by atoms with Crippen LogP contribution in [0.15, 0.2) is 0 Å². The molecular weight excluding hydrogens is 164 g/mol. The highest BCUT2D eigenvalue weighted by Crippen LogP contribution is 2.34. The summed E-state index contributed by atoms with van der Waals surface area (Å²) in [6, 6.07) is 0.386. The van der Waals surface area contributed by atoms with Crippen molar-refractivity contribution < 1.29 is 0 Å². The van der Waals surface area contributed by atoms with Gasteiger partial charge in [-0.25, -0.2) is 0 Å². The molecule has 0 heterocycles. The summed E-state index contributed by atoms with van der Waals surface area (Å²) in [5.74, 6) is 0.0846. The third-order valence-electron chi connectivity index (χ3n) is 3.05. The molecule has 1 aliphatic carbocycles. The maximum Gasteiger partial charge on any atom is 0.185 e. The highest BCUT2D eigenvalue weighted by Gasteiger charge is 2.29. The van der Waals surface area contributed by atoms with Crippen LogP contribution in [-0.4, -0.2) is 18.5 Å². The molecule has 1 rings (SSSR count).